The molecule has 0 aliphatic heterocycles. The van der Waals surface area contributed by atoms with Crippen LogP contribution in [0.1, 0.15) is 13.8 Å². The zero-order valence-electron chi connectivity index (χ0n) is 9.11. The molecule has 1 rings (SSSR count). The summed E-state index contributed by atoms with van der Waals surface area (Å²) in [5, 5.41) is 2.61. The smallest absolute Gasteiger partial charge is 0.411 e. The van der Waals surface area contributed by atoms with Gasteiger partial charge in [0.2, 0.25) is 0 Å². The van der Waals surface area contributed by atoms with Gasteiger partial charge in [-0.25, -0.2) is 4.79 Å². The standard InChI is InChI=1S/C11H15NO3/c1-8(2)15-11(13)12-9-6-4-5-7-10(9)14-3/h4-8H,1-3H3,(H,12,13). The number of hydrogen-bond donors (Lipinski definition) is 1. The van der Waals surface area contributed by atoms with Gasteiger partial charge in [-0.05, 0) is 26.0 Å². The first kappa shape index (κ1) is 11.4. The Labute approximate surface area is 89.2 Å². The van der Waals surface area contributed by atoms with Crippen LogP contribution in [0.4, 0.5) is 10.5 Å². The average molecular weight is 209 g/mol. The predicted octanol–water partition coefficient (Wildman–Crippen LogP) is 2.65. The van der Waals surface area contributed by atoms with E-state index in [1.54, 1.807) is 33.1 Å². The summed E-state index contributed by atoms with van der Waals surface area (Å²) in [5.74, 6) is 0.609. The van der Waals surface area contributed by atoms with E-state index in [-0.39, 0.29) is 6.10 Å². The Bertz CT molecular complexity index is 336. The van der Waals surface area contributed by atoms with Crippen LogP contribution >= 0.6 is 0 Å². The predicted molar refractivity (Wildman–Crippen MR) is 58.2 cm³/mol. The molecule has 1 aromatic rings. The van der Waals surface area contributed by atoms with Crippen LogP contribution in [0.15, 0.2) is 24.3 Å². The van der Waals surface area contributed by atoms with Crippen molar-refractivity contribution in [3.05, 3.63) is 24.3 Å². The maximum Gasteiger partial charge on any atom is 0.411 e. The minimum absolute atomic E-state index is 0.139. The third-order valence-corrected chi connectivity index (χ3v) is 1.69. The topological polar surface area (TPSA) is 47.6 Å². The summed E-state index contributed by atoms with van der Waals surface area (Å²) in [5.41, 5.74) is 0.602. The van der Waals surface area contributed by atoms with Crippen LogP contribution in [0, 0.1) is 0 Å². The van der Waals surface area contributed by atoms with Crippen LogP contribution in [0.2, 0.25) is 0 Å². The molecule has 1 N–H and O–H groups in total. The number of ether oxygens (including phenoxy) is 2. The normalized spacial score (nSPS) is 9.87. The fourth-order valence-electron chi connectivity index (χ4n) is 1.10. The van der Waals surface area contributed by atoms with Crippen molar-refractivity contribution in [1.82, 2.24) is 0 Å². The molecule has 82 valence electrons. The summed E-state index contributed by atoms with van der Waals surface area (Å²) in [6.07, 6.45) is -0.616. The number of rotatable bonds is 3. The highest BCUT2D eigenvalue weighted by Crippen LogP contribution is 2.23. The molecule has 1 aromatic carbocycles. The number of anilines is 1. The van der Waals surface area contributed by atoms with Crippen molar-refractivity contribution < 1.29 is 14.3 Å². The second-order valence-corrected chi connectivity index (χ2v) is 3.28. The second-order valence-electron chi connectivity index (χ2n) is 3.28. The Balaban J connectivity index is 2.67. The van der Waals surface area contributed by atoms with Crippen LogP contribution in [-0.4, -0.2) is 19.3 Å². The van der Waals surface area contributed by atoms with Gasteiger partial charge in [0, 0.05) is 0 Å². The largest absolute Gasteiger partial charge is 0.495 e. The highest BCUT2D eigenvalue weighted by molar-refractivity contribution is 5.86. The van der Waals surface area contributed by atoms with E-state index in [1.807, 2.05) is 12.1 Å². The van der Waals surface area contributed by atoms with E-state index in [2.05, 4.69) is 5.32 Å². The lowest BCUT2D eigenvalue weighted by Crippen LogP contribution is -2.18. The van der Waals surface area contributed by atoms with Crippen molar-refractivity contribution in [2.24, 2.45) is 0 Å². The molecule has 0 aliphatic rings. The highest BCUT2D eigenvalue weighted by Gasteiger charge is 2.08. The van der Waals surface area contributed by atoms with Crippen LogP contribution in [0.25, 0.3) is 0 Å². The lowest BCUT2D eigenvalue weighted by atomic mass is 10.3. The molecule has 0 unspecified atom stereocenters. The molecular formula is C11H15NO3. The van der Waals surface area contributed by atoms with E-state index in [9.17, 15) is 4.79 Å². The van der Waals surface area contributed by atoms with Gasteiger partial charge in [0.15, 0.2) is 0 Å². The van der Waals surface area contributed by atoms with Gasteiger partial charge in [0.1, 0.15) is 5.75 Å². The lowest BCUT2D eigenvalue weighted by molar-refractivity contribution is 0.130. The molecule has 0 atom stereocenters. The van der Waals surface area contributed by atoms with Gasteiger partial charge >= 0.3 is 6.09 Å². The maximum atomic E-state index is 11.3. The second kappa shape index (κ2) is 5.24. The minimum Gasteiger partial charge on any atom is -0.495 e. The number of hydrogen-bond acceptors (Lipinski definition) is 3. The third-order valence-electron chi connectivity index (χ3n) is 1.69. The maximum absolute atomic E-state index is 11.3. The summed E-state index contributed by atoms with van der Waals surface area (Å²) in [4.78, 5) is 11.3. The summed E-state index contributed by atoms with van der Waals surface area (Å²) >= 11 is 0. The van der Waals surface area contributed by atoms with Crippen molar-refractivity contribution in [3.63, 3.8) is 0 Å². The molecular weight excluding hydrogens is 194 g/mol. The number of methoxy groups -OCH3 is 1. The molecule has 0 radical (unpaired) electrons. The van der Waals surface area contributed by atoms with E-state index in [4.69, 9.17) is 9.47 Å². The molecule has 0 saturated heterocycles. The molecule has 0 heterocycles. The first-order chi connectivity index (χ1) is 7.13. The lowest BCUT2D eigenvalue weighted by Gasteiger charge is -2.11. The summed E-state index contributed by atoms with van der Waals surface area (Å²) in [6.45, 7) is 3.59. The van der Waals surface area contributed by atoms with Crippen molar-refractivity contribution in [2.75, 3.05) is 12.4 Å². The van der Waals surface area contributed by atoms with Crippen LogP contribution in [0.3, 0.4) is 0 Å². The number of para-hydroxylation sites is 2. The summed E-state index contributed by atoms with van der Waals surface area (Å²) < 4.78 is 10.0. The van der Waals surface area contributed by atoms with Gasteiger partial charge in [-0.3, -0.25) is 5.32 Å². The van der Waals surface area contributed by atoms with E-state index in [0.717, 1.165) is 0 Å². The Hall–Kier alpha value is -1.71. The van der Waals surface area contributed by atoms with Gasteiger partial charge in [0.05, 0.1) is 18.9 Å². The number of benzene rings is 1. The SMILES string of the molecule is COc1ccccc1NC(=O)OC(C)C. The average Bonchev–Trinajstić information content (AvgIpc) is 2.17. The molecule has 15 heavy (non-hydrogen) atoms. The molecule has 1 amide bonds. The molecule has 0 spiro atoms. The molecule has 0 saturated carbocycles. The van der Waals surface area contributed by atoms with Gasteiger partial charge in [-0.1, -0.05) is 12.1 Å². The van der Waals surface area contributed by atoms with Gasteiger partial charge in [-0.15, -0.1) is 0 Å². The molecule has 0 aliphatic carbocycles. The van der Waals surface area contributed by atoms with Gasteiger partial charge in [0.25, 0.3) is 0 Å². The Morgan fingerprint density at radius 1 is 1.33 bits per heavy atom. The molecule has 0 aromatic heterocycles. The van der Waals surface area contributed by atoms with Crippen molar-refractivity contribution in [3.8, 4) is 5.75 Å². The molecule has 4 nitrogen and oxygen atoms in total. The van der Waals surface area contributed by atoms with E-state index in [1.165, 1.54) is 0 Å². The monoisotopic (exact) mass is 209 g/mol. The Kier molecular flexibility index (Phi) is 3.97. The van der Waals surface area contributed by atoms with Crippen LogP contribution in [0.5, 0.6) is 5.75 Å². The van der Waals surface area contributed by atoms with Crippen molar-refractivity contribution in [2.45, 2.75) is 20.0 Å². The highest BCUT2D eigenvalue weighted by atomic mass is 16.6. The van der Waals surface area contributed by atoms with Crippen LogP contribution < -0.4 is 10.1 Å². The zero-order chi connectivity index (χ0) is 11.3. The zero-order valence-corrected chi connectivity index (χ0v) is 9.11. The fourth-order valence-corrected chi connectivity index (χ4v) is 1.10. The molecule has 0 fully saturated rings. The number of amides is 1. The fraction of sp³-hybridized carbons (Fsp3) is 0.364. The first-order valence-electron chi connectivity index (χ1n) is 4.74. The van der Waals surface area contributed by atoms with Gasteiger partial charge < -0.3 is 9.47 Å². The number of carbonyl (C=O) groups is 1. The van der Waals surface area contributed by atoms with E-state index in [0.29, 0.717) is 11.4 Å². The summed E-state index contributed by atoms with van der Waals surface area (Å²) in [6, 6.07) is 7.16. The van der Waals surface area contributed by atoms with E-state index >= 15 is 0 Å². The van der Waals surface area contributed by atoms with Crippen LogP contribution in [-0.2, 0) is 4.74 Å². The third kappa shape index (κ3) is 3.50. The van der Waals surface area contributed by atoms with Crippen molar-refractivity contribution >= 4 is 11.8 Å². The minimum atomic E-state index is -0.477. The molecule has 0 bridgehead atoms. The quantitative estimate of drug-likeness (QED) is 0.832. The Morgan fingerprint density at radius 2 is 2.00 bits per heavy atom. The van der Waals surface area contributed by atoms with Crippen molar-refractivity contribution in [1.29, 1.82) is 0 Å². The summed E-state index contributed by atoms with van der Waals surface area (Å²) in [7, 11) is 1.55. The van der Waals surface area contributed by atoms with E-state index < -0.39 is 6.09 Å². The first-order valence-corrected chi connectivity index (χ1v) is 4.74. The Morgan fingerprint density at radius 3 is 2.60 bits per heavy atom. The van der Waals surface area contributed by atoms with Gasteiger partial charge in [-0.2, -0.15) is 0 Å². The number of nitrogens with one attached hydrogen (secondary N) is 1. The number of carbonyl (C=O) groups excluding carboxylic acids is 1. The molecule has 4 heteroatoms.